The van der Waals surface area contributed by atoms with Crippen LogP contribution >= 0.6 is 7.92 Å². The van der Waals surface area contributed by atoms with Crippen LogP contribution in [-0.4, -0.2) is 16.5 Å². The van der Waals surface area contributed by atoms with Gasteiger partial charge in [-0.15, -0.1) is 0 Å². The third-order valence-corrected chi connectivity index (χ3v) is 11.3. The molecule has 0 aliphatic heterocycles. The molecule has 3 fully saturated rings. The molecule has 0 saturated heterocycles. The van der Waals surface area contributed by atoms with Crippen LogP contribution in [0.25, 0.3) is 0 Å². The fourth-order valence-electron chi connectivity index (χ4n) is 5.91. The van der Waals surface area contributed by atoms with Crippen molar-refractivity contribution in [1.82, 2.24) is 0 Å². The maximum Gasteiger partial charge on any atom is -0.00550 e. The lowest BCUT2D eigenvalue weighted by Crippen LogP contribution is -2.38. The average molecular weight is 335 g/mol. The van der Waals surface area contributed by atoms with Crippen LogP contribution in [0.4, 0.5) is 0 Å². The fourth-order valence-corrected chi connectivity index (χ4v) is 11.0. The Labute approximate surface area is 146 Å². The summed E-state index contributed by atoms with van der Waals surface area (Å²) in [6.45, 7) is 2.24. The summed E-state index contributed by atoms with van der Waals surface area (Å²) < 4.78 is 0. The van der Waals surface area contributed by atoms with Crippen LogP contribution in [0.2, 0.25) is 0 Å². The average Bonchev–Trinajstić information content (AvgIpc) is 2.63. The first-order valence-corrected chi connectivity index (χ1v) is 12.2. The van der Waals surface area contributed by atoms with E-state index in [0.717, 1.165) is 16.5 Å². The number of hydrogen-bond acceptors (Lipinski definition) is 0. The maximum atomic E-state index is 2.55. The molecule has 0 nitrogen and oxygen atoms in total. The first kappa shape index (κ1) is 18.0. The van der Waals surface area contributed by atoms with Crippen LogP contribution in [0.1, 0.15) is 110 Å². The molecule has 0 aromatic heterocycles. The number of rotatable bonds is 5. The van der Waals surface area contributed by atoms with E-state index in [2.05, 4.69) is 19.1 Å². The van der Waals surface area contributed by atoms with E-state index in [4.69, 9.17) is 0 Å². The molecule has 0 atom stereocenters. The van der Waals surface area contributed by atoms with E-state index >= 15 is 0 Å². The van der Waals surface area contributed by atoms with Crippen molar-refractivity contribution in [3.63, 3.8) is 0 Å². The second-order valence-corrected chi connectivity index (χ2v) is 11.8. The van der Waals surface area contributed by atoms with E-state index in [-0.39, 0.29) is 7.92 Å². The second-order valence-electron chi connectivity index (χ2n) is 8.55. The van der Waals surface area contributed by atoms with Crippen LogP contribution in [-0.2, 0) is 0 Å². The van der Waals surface area contributed by atoms with Gasteiger partial charge >= 0.3 is 0 Å². The molecule has 0 N–H and O–H groups in total. The molecule has 0 unspecified atom stereocenters. The van der Waals surface area contributed by atoms with Gasteiger partial charge in [0.25, 0.3) is 0 Å². The van der Waals surface area contributed by atoms with Crippen molar-refractivity contribution in [3.05, 3.63) is 12.2 Å². The Hall–Kier alpha value is 0.170. The second kappa shape index (κ2) is 9.03. The fraction of sp³-hybridized carbons (Fsp3) is 0.909. The summed E-state index contributed by atoms with van der Waals surface area (Å²) in [5.74, 6) is 0. The molecule has 132 valence electrons. The summed E-state index contributed by atoms with van der Waals surface area (Å²) in [5, 5.41) is 0.740. The van der Waals surface area contributed by atoms with E-state index in [1.54, 1.807) is 38.5 Å². The van der Waals surface area contributed by atoms with Crippen LogP contribution in [0.3, 0.4) is 0 Å². The molecular formula is C22H39P. The van der Waals surface area contributed by atoms with Crippen LogP contribution in [0, 0.1) is 0 Å². The van der Waals surface area contributed by atoms with Crippen LogP contribution < -0.4 is 0 Å². The molecule has 23 heavy (non-hydrogen) atoms. The smallest absolute Gasteiger partial charge is 0.00550 e. The molecule has 3 saturated carbocycles. The molecule has 0 radical (unpaired) electrons. The predicted octanol–water partition coefficient (Wildman–Crippen LogP) is 7.80. The van der Waals surface area contributed by atoms with Gasteiger partial charge in [0.15, 0.2) is 0 Å². The SMILES string of the molecule is CC=CCC1(P(C2CCCCC2)C2CCCCC2)CCCCC1. The van der Waals surface area contributed by atoms with Gasteiger partial charge in [-0.2, -0.15) is 0 Å². The number of hydrogen-bond donors (Lipinski definition) is 0. The highest BCUT2D eigenvalue weighted by Gasteiger charge is 2.45. The first-order valence-electron chi connectivity index (χ1n) is 10.8. The summed E-state index contributed by atoms with van der Waals surface area (Å²) in [6, 6.07) is 0. The number of allylic oxidation sites excluding steroid dienone is 2. The molecular weight excluding hydrogens is 295 g/mol. The van der Waals surface area contributed by atoms with Gasteiger partial charge in [-0.1, -0.05) is 77.9 Å². The monoisotopic (exact) mass is 334 g/mol. The normalized spacial score (nSPS) is 27.7. The lowest BCUT2D eigenvalue weighted by Gasteiger charge is -2.52. The molecule has 0 heterocycles. The van der Waals surface area contributed by atoms with Gasteiger partial charge in [0.05, 0.1) is 0 Å². The van der Waals surface area contributed by atoms with Crippen LogP contribution in [0.15, 0.2) is 12.2 Å². The van der Waals surface area contributed by atoms with E-state index in [1.807, 2.05) is 0 Å². The van der Waals surface area contributed by atoms with E-state index in [1.165, 1.54) is 64.2 Å². The largest absolute Gasteiger partial charge is 0.0936 e. The van der Waals surface area contributed by atoms with E-state index in [0.29, 0.717) is 0 Å². The minimum absolute atomic E-state index is 0.238. The van der Waals surface area contributed by atoms with Gasteiger partial charge in [0.2, 0.25) is 0 Å². The van der Waals surface area contributed by atoms with Gasteiger partial charge in [-0.05, 0) is 68.3 Å². The Bertz CT molecular complexity index is 336. The molecule has 0 aromatic carbocycles. The quantitative estimate of drug-likeness (QED) is 0.355. The van der Waals surface area contributed by atoms with E-state index in [9.17, 15) is 0 Å². The molecule has 0 aromatic rings. The first-order chi connectivity index (χ1) is 11.4. The molecule has 0 bridgehead atoms. The highest BCUT2D eigenvalue weighted by Crippen LogP contribution is 2.68. The Morgan fingerprint density at radius 2 is 1.22 bits per heavy atom. The Morgan fingerprint density at radius 1 is 0.739 bits per heavy atom. The van der Waals surface area contributed by atoms with Gasteiger partial charge in [0.1, 0.15) is 0 Å². The highest BCUT2D eigenvalue weighted by molar-refractivity contribution is 7.60. The van der Waals surface area contributed by atoms with E-state index < -0.39 is 0 Å². The maximum absolute atomic E-state index is 2.55. The zero-order chi connectivity index (χ0) is 16.0. The van der Waals surface area contributed by atoms with Gasteiger partial charge in [-0.25, -0.2) is 0 Å². The Morgan fingerprint density at radius 3 is 1.70 bits per heavy atom. The Kier molecular flexibility index (Phi) is 7.06. The van der Waals surface area contributed by atoms with Crippen molar-refractivity contribution < 1.29 is 0 Å². The van der Waals surface area contributed by atoms with Crippen molar-refractivity contribution in [1.29, 1.82) is 0 Å². The third kappa shape index (κ3) is 4.42. The van der Waals surface area contributed by atoms with Crippen molar-refractivity contribution in [2.45, 2.75) is 126 Å². The van der Waals surface area contributed by atoms with Gasteiger partial charge in [0, 0.05) is 0 Å². The minimum atomic E-state index is 0.238. The lowest BCUT2D eigenvalue weighted by atomic mass is 9.85. The van der Waals surface area contributed by atoms with Crippen molar-refractivity contribution in [2.24, 2.45) is 0 Å². The van der Waals surface area contributed by atoms with Gasteiger partial charge < -0.3 is 0 Å². The highest BCUT2D eigenvalue weighted by atomic mass is 31.1. The molecule has 3 rings (SSSR count). The Balaban J connectivity index is 1.85. The van der Waals surface area contributed by atoms with Crippen molar-refractivity contribution in [2.75, 3.05) is 0 Å². The molecule has 0 amide bonds. The minimum Gasteiger partial charge on any atom is -0.0936 e. The van der Waals surface area contributed by atoms with Gasteiger partial charge in [-0.3, -0.25) is 0 Å². The molecule has 1 heteroatoms. The standard InChI is InChI=1S/C22H39P/c1-2-3-17-22(18-11-6-12-19-22)23(20-13-7-4-8-14-20)21-15-9-5-10-16-21/h2-3,20-21H,4-19H2,1H3. The summed E-state index contributed by atoms with van der Waals surface area (Å²) in [4.78, 5) is 0. The molecule has 0 spiro atoms. The lowest BCUT2D eigenvalue weighted by molar-refractivity contribution is 0.375. The summed E-state index contributed by atoms with van der Waals surface area (Å²) in [5.41, 5.74) is 2.26. The summed E-state index contributed by atoms with van der Waals surface area (Å²) >= 11 is 0. The molecule has 3 aliphatic carbocycles. The van der Waals surface area contributed by atoms with Crippen LogP contribution in [0.5, 0.6) is 0 Å². The van der Waals surface area contributed by atoms with Crippen molar-refractivity contribution in [3.8, 4) is 0 Å². The zero-order valence-corrected chi connectivity index (χ0v) is 16.5. The third-order valence-electron chi connectivity index (χ3n) is 7.00. The van der Waals surface area contributed by atoms with Crippen molar-refractivity contribution >= 4 is 7.92 Å². The summed E-state index contributed by atoms with van der Waals surface area (Å²) in [7, 11) is 0.238. The zero-order valence-electron chi connectivity index (χ0n) is 15.6. The summed E-state index contributed by atoms with van der Waals surface area (Å²) in [6.07, 6.45) is 29.5. The predicted molar refractivity (Wildman–Crippen MR) is 106 cm³/mol. The topological polar surface area (TPSA) is 0 Å². The molecule has 3 aliphatic rings.